The van der Waals surface area contributed by atoms with E-state index in [1.807, 2.05) is 0 Å². The first kappa shape index (κ1) is 14.2. The van der Waals surface area contributed by atoms with Gasteiger partial charge in [-0.2, -0.15) is 0 Å². The van der Waals surface area contributed by atoms with E-state index in [4.69, 9.17) is 4.98 Å². The molecule has 0 atom stereocenters. The van der Waals surface area contributed by atoms with E-state index in [1.54, 1.807) is 0 Å². The Morgan fingerprint density at radius 1 is 0.783 bits per heavy atom. The van der Waals surface area contributed by atoms with Crippen LogP contribution in [0.25, 0.3) is 22.4 Å². The summed E-state index contributed by atoms with van der Waals surface area (Å²) in [6.07, 6.45) is 4.62. The number of benzene rings is 2. The molecule has 4 rings (SSSR count). The lowest BCUT2D eigenvalue weighted by molar-refractivity contribution is 0.899. The third-order valence-electron chi connectivity index (χ3n) is 4.80. The molecule has 1 aliphatic rings. The Morgan fingerprint density at radius 2 is 1.39 bits per heavy atom. The highest BCUT2D eigenvalue weighted by molar-refractivity contribution is 5.84. The third-order valence-corrected chi connectivity index (χ3v) is 4.80. The number of hydrogen-bond donors (Lipinski definition) is 0. The first-order chi connectivity index (χ1) is 11.4. The first-order valence-electron chi connectivity index (χ1n) is 8.54. The van der Waals surface area contributed by atoms with E-state index in [9.17, 15) is 0 Å². The average molecular weight is 299 g/mol. The average Bonchev–Trinajstić information content (AvgIpc) is 3.11. The van der Waals surface area contributed by atoms with Crippen molar-refractivity contribution in [3.05, 3.63) is 77.5 Å². The number of aryl methyl sites for hydroxylation is 1. The van der Waals surface area contributed by atoms with Crippen LogP contribution in [-0.4, -0.2) is 4.98 Å². The summed E-state index contributed by atoms with van der Waals surface area (Å²) in [5, 5.41) is 0. The number of pyridine rings is 1. The second kappa shape index (κ2) is 6.00. The molecule has 0 fully saturated rings. The van der Waals surface area contributed by atoms with Gasteiger partial charge in [-0.15, -0.1) is 0 Å². The van der Waals surface area contributed by atoms with E-state index in [0.717, 1.165) is 12.1 Å². The summed E-state index contributed by atoms with van der Waals surface area (Å²) < 4.78 is 0. The van der Waals surface area contributed by atoms with Gasteiger partial charge < -0.3 is 0 Å². The van der Waals surface area contributed by atoms with E-state index in [-0.39, 0.29) is 0 Å². The molecule has 0 spiro atoms. The zero-order valence-electron chi connectivity index (χ0n) is 13.5. The van der Waals surface area contributed by atoms with Gasteiger partial charge in [-0.05, 0) is 42.4 Å². The minimum absolute atomic E-state index is 1.01. The summed E-state index contributed by atoms with van der Waals surface area (Å²) >= 11 is 0. The molecule has 3 aromatic rings. The molecular formula is C22H21N. The van der Waals surface area contributed by atoms with Crippen molar-refractivity contribution in [3.63, 3.8) is 0 Å². The predicted octanol–water partition coefficient (Wildman–Crippen LogP) is 5.47. The Bertz CT molecular complexity index is 820. The molecule has 1 aliphatic carbocycles. The fourth-order valence-corrected chi connectivity index (χ4v) is 3.75. The van der Waals surface area contributed by atoms with Crippen molar-refractivity contribution < 1.29 is 0 Å². The zero-order chi connectivity index (χ0) is 15.6. The van der Waals surface area contributed by atoms with Crippen molar-refractivity contribution in [1.29, 1.82) is 0 Å². The highest BCUT2D eigenvalue weighted by Crippen LogP contribution is 2.40. The number of aromatic nitrogens is 1. The summed E-state index contributed by atoms with van der Waals surface area (Å²) in [7, 11) is 0. The fraction of sp³-hybridized carbons (Fsp3) is 0.227. The van der Waals surface area contributed by atoms with Crippen LogP contribution in [0.2, 0.25) is 0 Å². The Labute approximate surface area is 138 Å². The van der Waals surface area contributed by atoms with Crippen molar-refractivity contribution in [2.24, 2.45) is 0 Å². The van der Waals surface area contributed by atoms with Crippen molar-refractivity contribution >= 4 is 0 Å². The van der Waals surface area contributed by atoms with Crippen LogP contribution in [-0.2, 0) is 19.3 Å². The molecule has 114 valence electrons. The second-order valence-electron chi connectivity index (χ2n) is 6.18. The summed E-state index contributed by atoms with van der Waals surface area (Å²) in [4.78, 5) is 5.11. The van der Waals surface area contributed by atoms with Crippen LogP contribution >= 0.6 is 0 Å². The van der Waals surface area contributed by atoms with Gasteiger partial charge in [0.25, 0.3) is 0 Å². The maximum Gasteiger partial charge on any atom is 0.0786 e. The molecule has 2 aromatic carbocycles. The van der Waals surface area contributed by atoms with E-state index < -0.39 is 0 Å². The van der Waals surface area contributed by atoms with Gasteiger partial charge in [0.05, 0.1) is 5.69 Å². The fourth-order valence-electron chi connectivity index (χ4n) is 3.75. The molecule has 1 heterocycles. The molecular weight excluding hydrogens is 278 g/mol. The van der Waals surface area contributed by atoms with Crippen molar-refractivity contribution in [3.8, 4) is 22.4 Å². The molecule has 0 radical (unpaired) electrons. The molecule has 0 N–H and O–H groups in total. The van der Waals surface area contributed by atoms with Gasteiger partial charge in [-0.25, -0.2) is 0 Å². The number of fused-ring (bicyclic) bond motifs is 1. The summed E-state index contributed by atoms with van der Waals surface area (Å²) in [5.41, 5.74) is 9.33. The van der Waals surface area contributed by atoms with Crippen LogP contribution in [0.4, 0.5) is 0 Å². The van der Waals surface area contributed by atoms with E-state index in [1.165, 1.54) is 52.8 Å². The normalized spacial score (nSPS) is 13.1. The van der Waals surface area contributed by atoms with Crippen LogP contribution in [0, 0.1) is 0 Å². The SMILES string of the molecule is CCc1nc(-c2ccccc2)c(-c2ccccc2)c2c1CCC2. The van der Waals surface area contributed by atoms with E-state index >= 15 is 0 Å². The summed E-state index contributed by atoms with van der Waals surface area (Å²) in [6.45, 7) is 2.22. The van der Waals surface area contributed by atoms with Gasteiger partial charge in [-0.1, -0.05) is 67.6 Å². The van der Waals surface area contributed by atoms with Crippen LogP contribution in [0.5, 0.6) is 0 Å². The highest BCUT2D eigenvalue weighted by atomic mass is 14.7. The van der Waals surface area contributed by atoms with E-state index in [2.05, 4.69) is 67.6 Å². The topological polar surface area (TPSA) is 12.9 Å². The maximum atomic E-state index is 5.11. The number of nitrogens with zero attached hydrogens (tertiary/aromatic N) is 1. The van der Waals surface area contributed by atoms with Crippen molar-refractivity contribution in [1.82, 2.24) is 4.98 Å². The standard InChI is InChI=1S/C22H21N/c1-2-20-18-14-9-15-19(18)21(16-10-5-3-6-11-16)22(23-20)17-12-7-4-8-13-17/h3-8,10-13H,2,9,14-15H2,1H3. The highest BCUT2D eigenvalue weighted by Gasteiger charge is 2.23. The van der Waals surface area contributed by atoms with Gasteiger partial charge in [0.1, 0.15) is 0 Å². The molecule has 23 heavy (non-hydrogen) atoms. The first-order valence-corrected chi connectivity index (χ1v) is 8.54. The Kier molecular flexibility index (Phi) is 3.70. The number of rotatable bonds is 3. The van der Waals surface area contributed by atoms with Gasteiger partial charge in [-0.3, -0.25) is 4.98 Å². The smallest absolute Gasteiger partial charge is 0.0786 e. The Balaban J connectivity index is 2.04. The minimum Gasteiger partial charge on any atom is -0.252 e. The zero-order valence-corrected chi connectivity index (χ0v) is 13.5. The molecule has 0 saturated heterocycles. The molecule has 0 saturated carbocycles. The molecule has 1 aromatic heterocycles. The second-order valence-corrected chi connectivity index (χ2v) is 6.18. The predicted molar refractivity (Wildman–Crippen MR) is 96.5 cm³/mol. The van der Waals surface area contributed by atoms with Gasteiger partial charge >= 0.3 is 0 Å². The number of hydrogen-bond acceptors (Lipinski definition) is 1. The Hall–Kier alpha value is -2.41. The largest absolute Gasteiger partial charge is 0.252 e. The summed E-state index contributed by atoms with van der Waals surface area (Å²) in [6, 6.07) is 21.4. The minimum atomic E-state index is 1.01. The van der Waals surface area contributed by atoms with Crippen LogP contribution in [0.3, 0.4) is 0 Å². The van der Waals surface area contributed by atoms with Crippen LogP contribution < -0.4 is 0 Å². The van der Waals surface area contributed by atoms with E-state index in [0.29, 0.717) is 0 Å². The lowest BCUT2D eigenvalue weighted by atomic mass is 9.91. The third kappa shape index (κ3) is 2.46. The quantitative estimate of drug-likeness (QED) is 0.625. The summed E-state index contributed by atoms with van der Waals surface area (Å²) in [5.74, 6) is 0. The molecule has 0 amide bonds. The lowest BCUT2D eigenvalue weighted by Crippen LogP contribution is -2.02. The molecule has 0 bridgehead atoms. The lowest BCUT2D eigenvalue weighted by Gasteiger charge is -2.17. The van der Waals surface area contributed by atoms with Gasteiger partial charge in [0.2, 0.25) is 0 Å². The van der Waals surface area contributed by atoms with Crippen LogP contribution in [0.1, 0.15) is 30.2 Å². The monoisotopic (exact) mass is 299 g/mol. The van der Waals surface area contributed by atoms with Crippen molar-refractivity contribution in [2.45, 2.75) is 32.6 Å². The molecule has 1 nitrogen and oxygen atoms in total. The molecule has 0 unspecified atom stereocenters. The Morgan fingerprint density at radius 3 is 2.04 bits per heavy atom. The van der Waals surface area contributed by atoms with Crippen LogP contribution in [0.15, 0.2) is 60.7 Å². The van der Waals surface area contributed by atoms with Crippen molar-refractivity contribution in [2.75, 3.05) is 0 Å². The molecule has 1 heteroatoms. The van der Waals surface area contributed by atoms with Gasteiger partial charge in [0, 0.05) is 16.8 Å². The maximum absolute atomic E-state index is 5.11. The van der Waals surface area contributed by atoms with Gasteiger partial charge in [0.15, 0.2) is 0 Å². The molecule has 0 aliphatic heterocycles.